The first kappa shape index (κ1) is 25.3. The number of piperidine rings is 1. The minimum absolute atomic E-state index is 0.123. The SMILES string of the molecule is COc1ccnc(C(=O)Nc2ccc(C3CCN(C(=O)[C@@H]4C[C@H]4c4ccc(Br)cc4)CC3)cc2)c1OC. The molecule has 37 heavy (non-hydrogen) atoms. The van der Waals surface area contributed by atoms with E-state index in [1.807, 2.05) is 29.2 Å². The molecule has 5 rings (SSSR count). The highest BCUT2D eigenvalue weighted by molar-refractivity contribution is 9.10. The average Bonchev–Trinajstić information content (AvgIpc) is 3.74. The van der Waals surface area contributed by atoms with Gasteiger partial charge in [0, 0.05) is 41.4 Å². The Morgan fingerprint density at radius 3 is 2.27 bits per heavy atom. The van der Waals surface area contributed by atoms with Crippen LogP contribution in [0.2, 0.25) is 0 Å². The Labute approximate surface area is 225 Å². The third-order valence-electron chi connectivity index (χ3n) is 7.36. The van der Waals surface area contributed by atoms with E-state index in [0.29, 0.717) is 34.9 Å². The number of pyridine rings is 1. The average molecular weight is 564 g/mol. The van der Waals surface area contributed by atoms with Gasteiger partial charge in [0.2, 0.25) is 5.91 Å². The van der Waals surface area contributed by atoms with Gasteiger partial charge in [-0.2, -0.15) is 0 Å². The zero-order chi connectivity index (χ0) is 25.9. The number of carbonyl (C=O) groups excluding carboxylic acids is 2. The molecule has 2 heterocycles. The van der Waals surface area contributed by atoms with Gasteiger partial charge >= 0.3 is 0 Å². The number of methoxy groups -OCH3 is 2. The Balaban J connectivity index is 1.14. The Kier molecular flexibility index (Phi) is 7.46. The van der Waals surface area contributed by atoms with E-state index in [1.54, 1.807) is 6.07 Å². The van der Waals surface area contributed by atoms with Crippen LogP contribution in [-0.2, 0) is 4.79 Å². The van der Waals surface area contributed by atoms with Gasteiger partial charge in [-0.05, 0) is 66.5 Å². The zero-order valence-corrected chi connectivity index (χ0v) is 22.5. The number of rotatable bonds is 7. The number of nitrogens with zero attached hydrogens (tertiary/aromatic N) is 2. The highest BCUT2D eigenvalue weighted by atomic mass is 79.9. The number of nitrogens with one attached hydrogen (secondary N) is 1. The first-order valence-corrected chi connectivity index (χ1v) is 13.3. The van der Waals surface area contributed by atoms with Crippen molar-refractivity contribution >= 4 is 33.4 Å². The van der Waals surface area contributed by atoms with Crippen LogP contribution >= 0.6 is 15.9 Å². The quantitative estimate of drug-likeness (QED) is 0.403. The van der Waals surface area contributed by atoms with Crippen LogP contribution in [0, 0.1) is 5.92 Å². The molecular weight excluding hydrogens is 534 g/mol. The molecule has 1 aliphatic heterocycles. The molecule has 1 aromatic heterocycles. The van der Waals surface area contributed by atoms with Crippen LogP contribution in [0.15, 0.2) is 65.3 Å². The van der Waals surface area contributed by atoms with Gasteiger partial charge in [0.05, 0.1) is 14.2 Å². The van der Waals surface area contributed by atoms with Gasteiger partial charge in [-0.25, -0.2) is 4.98 Å². The highest BCUT2D eigenvalue weighted by Crippen LogP contribution is 2.49. The molecule has 1 aliphatic carbocycles. The van der Waals surface area contributed by atoms with E-state index in [4.69, 9.17) is 9.47 Å². The lowest BCUT2D eigenvalue weighted by Crippen LogP contribution is -2.39. The largest absolute Gasteiger partial charge is 0.493 e. The summed E-state index contributed by atoms with van der Waals surface area (Å²) in [6.07, 6.45) is 4.35. The van der Waals surface area contributed by atoms with Crippen LogP contribution in [0.25, 0.3) is 0 Å². The zero-order valence-electron chi connectivity index (χ0n) is 20.9. The minimum atomic E-state index is -0.364. The highest BCUT2D eigenvalue weighted by Gasteiger charge is 2.46. The molecule has 3 aromatic rings. The number of benzene rings is 2. The molecule has 2 fully saturated rings. The lowest BCUT2D eigenvalue weighted by molar-refractivity contribution is -0.133. The second kappa shape index (κ2) is 10.9. The molecule has 8 heteroatoms. The molecule has 1 saturated carbocycles. The molecular formula is C29H30BrN3O4. The van der Waals surface area contributed by atoms with Crippen molar-refractivity contribution in [1.29, 1.82) is 0 Å². The number of hydrogen-bond donors (Lipinski definition) is 1. The first-order chi connectivity index (χ1) is 18.0. The fraction of sp³-hybridized carbons (Fsp3) is 0.345. The number of anilines is 1. The lowest BCUT2D eigenvalue weighted by Gasteiger charge is -2.32. The van der Waals surface area contributed by atoms with Crippen LogP contribution in [0.5, 0.6) is 11.5 Å². The molecule has 7 nitrogen and oxygen atoms in total. The van der Waals surface area contributed by atoms with Gasteiger partial charge in [-0.3, -0.25) is 9.59 Å². The van der Waals surface area contributed by atoms with Crippen LogP contribution < -0.4 is 14.8 Å². The fourth-order valence-corrected chi connectivity index (χ4v) is 5.46. The standard InChI is InChI=1S/C29H30BrN3O4/c1-36-25-11-14-31-26(27(25)37-2)28(34)32-22-9-5-18(6-10-22)19-12-15-33(16-13-19)29(35)24-17-23(24)20-3-7-21(30)8-4-20/h3-11,14,19,23-24H,12-13,15-17H2,1-2H3,(H,32,34)/t23-,24+/m0/s1. The van der Waals surface area contributed by atoms with E-state index >= 15 is 0 Å². The van der Waals surface area contributed by atoms with Crippen molar-refractivity contribution in [2.75, 3.05) is 32.6 Å². The smallest absolute Gasteiger partial charge is 0.278 e. The van der Waals surface area contributed by atoms with Gasteiger partial charge < -0.3 is 19.7 Å². The first-order valence-electron chi connectivity index (χ1n) is 12.5. The number of halogens is 1. The molecule has 1 saturated heterocycles. The molecule has 192 valence electrons. The minimum Gasteiger partial charge on any atom is -0.493 e. The molecule has 2 aliphatic rings. The summed E-state index contributed by atoms with van der Waals surface area (Å²) in [4.78, 5) is 32.0. The van der Waals surface area contributed by atoms with E-state index in [2.05, 4.69) is 50.5 Å². The summed E-state index contributed by atoms with van der Waals surface area (Å²) in [5.41, 5.74) is 3.33. The Morgan fingerprint density at radius 2 is 1.62 bits per heavy atom. The molecule has 0 unspecified atom stereocenters. The Hall–Kier alpha value is -3.39. The third-order valence-corrected chi connectivity index (χ3v) is 7.89. The molecule has 2 amide bonds. The summed E-state index contributed by atoms with van der Waals surface area (Å²) in [5, 5.41) is 2.88. The van der Waals surface area contributed by atoms with Crippen molar-refractivity contribution in [2.24, 2.45) is 5.92 Å². The maximum absolute atomic E-state index is 13.1. The van der Waals surface area contributed by atoms with Crippen molar-refractivity contribution in [3.05, 3.63) is 82.1 Å². The van der Waals surface area contributed by atoms with Crippen molar-refractivity contribution in [3.8, 4) is 11.5 Å². The number of ether oxygens (including phenoxy) is 2. The van der Waals surface area contributed by atoms with Crippen LogP contribution in [-0.4, -0.2) is 49.0 Å². The Bertz CT molecular complexity index is 1270. The normalized spacial score (nSPS) is 19.3. The van der Waals surface area contributed by atoms with E-state index < -0.39 is 0 Å². The van der Waals surface area contributed by atoms with Crippen molar-refractivity contribution in [2.45, 2.75) is 31.1 Å². The van der Waals surface area contributed by atoms with Crippen LogP contribution in [0.3, 0.4) is 0 Å². The second-order valence-corrected chi connectivity index (χ2v) is 10.5. The number of likely N-dealkylation sites (tertiary alicyclic amines) is 1. The van der Waals surface area contributed by atoms with Gasteiger partial charge in [0.25, 0.3) is 5.91 Å². The lowest BCUT2D eigenvalue weighted by atomic mass is 9.89. The monoisotopic (exact) mass is 563 g/mol. The summed E-state index contributed by atoms with van der Waals surface area (Å²) in [6, 6.07) is 17.9. The van der Waals surface area contributed by atoms with Crippen molar-refractivity contribution in [3.63, 3.8) is 0 Å². The number of hydrogen-bond acceptors (Lipinski definition) is 5. The maximum Gasteiger partial charge on any atom is 0.278 e. The summed E-state index contributed by atoms with van der Waals surface area (Å²) in [7, 11) is 3.00. The predicted octanol–water partition coefficient (Wildman–Crippen LogP) is 5.62. The summed E-state index contributed by atoms with van der Waals surface area (Å²) in [6.45, 7) is 1.57. The van der Waals surface area contributed by atoms with Gasteiger partial charge in [0.1, 0.15) is 0 Å². The maximum atomic E-state index is 13.1. The van der Waals surface area contributed by atoms with Gasteiger partial charge in [0.15, 0.2) is 17.2 Å². The molecule has 1 N–H and O–H groups in total. The third kappa shape index (κ3) is 5.49. The molecule has 2 atom stereocenters. The molecule has 0 bridgehead atoms. The van der Waals surface area contributed by atoms with Crippen LogP contribution in [0.1, 0.15) is 52.7 Å². The molecule has 0 radical (unpaired) electrons. The predicted molar refractivity (Wildman–Crippen MR) is 145 cm³/mol. The molecule has 2 aromatic carbocycles. The fourth-order valence-electron chi connectivity index (χ4n) is 5.19. The van der Waals surface area contributed by atoms with E-state index in [0.717, 1.165) is 36.8 Å². The van der Waals surface area contributed by atoms with Gasteiger partial charge in [-0.1, -0.05) is 40.2 Å². The second-order valence-electron chi connectivity index (χ2n) is 9.57. The van der Waals surface area contributed by atoms with E-state index in [-0.39, 0.29) is 17.5 Å². The summed E-state index contributed by atoms with van der Waals surface area (Å²) < 4.78 is 11.6. The number of amides is 2. The van der Waals surface area contributed by atoms with E-state index in [1.165, 1.54) is 31.5 Å². The summed E-state index contributed by atoms with van der Waals surface area (Å²) >= 11 is 3.48. The number of carbonyl (C=O) groups is 2. The van der Waals surface area contributed by atoms with Gasteiger partial charge in [-0.15, -0.1) is 0 Å². The summed E-state index contributed by atoms with van der Waals surface area (Å²) in [5.74, 6) is 1.56. The molecule has 0 spiro atoms. The van der Waals surface area contributed by atoms with Crippen LogP contribution in [0.4, 0.5) is 5.69 Å². The van der Waals surface area contributed by atoms with E-state index in [9.17, 15) is 9.59 Å². The van der Waals surface area contributed by atoms with Crippen molar-refractivity contribution in [1.82, 2.24) is 9.88 Å². The Morgan fingerprint density at radius 1 is 0.946 bits per heavy atom. The topological polar surface area (TPSA) is 80.8 Å². The number of aromatic nitrogens is 1. The van der Waals surface area contributed by atoms with Crippen molar-refractivity contribution < 1.29 is 19.1 Å².